The van der Waals surface area contributed by atoms with Gasteiger partial charge in [0.15, 0.2) is 0 Å². The lowest BCUT2D eigenvalue weighted by atomic mass is 10.0. The average molecular weight is 339 g/mol. The number of aliphatic hydroxyl groups is 1. The molecule has 25 heavy (non-hydrogen) atoms. The zero-order valence-electron chi connectivity index (χ0n) is 14.5. The highest BCUT2D eigenvalue weighted by atomic mass is 16.3. The predicted molar refractivity (Wildman–Crippen MR) is 93.2 cm³/mol. The van der Waals surface area contributed by atoms with Crippen molar-refractivity contribution in [3.8, 4) is 0 Å². The molecule has 130 valence electrons. The maximum Gasteiger partial charge on any atom is 0.293 e. The molecular formula is C18H21N5O2. The SMILES string of the molecule is Cc1cc(C)n2nc(C(=O)N(C)C(CCO)c3ccccc3)nc2n1. The van der Waals surface area contributed by atoms with Gasteiger partial charge in [-0.05, 0) is 31.9 Å². The first-order chi connectivity index (χ1) is 12.0. The molecular weight excluding hydrogens is 318 g/mol. The van der Waals surface area contributed by atoms with E-state index in [2.05, 4.69) is 15.1 Å². The van der Waals surface area contributed by atoms with Crippen LogP contribution in [0.15, 0.2) is 36.4 Å². The largest absolute Gasteiger partial charge is 0.396 e. The first-order valence-corrected chi connectivity index (χ1v) is 8.15. The summed E-state index contributed by atoms with van der Waals surface area (Å²) in [7, 11) is 1.70. The maximum absolute atomic E-state index is 12.9. The van der Waals surface area contributed by atoms with E-state index in [0.717, 1.165) is 17.0 Å². The van der Waals surface area contributed by atoms with Crippen LogP contribution in [0.2, 0.25) is 0 Å². The van der Waals surface area contributed by atoms with E-state index < -0.39 is 0 Å². The monoisotopic (exact) mass is 339 g/mol. The number of aliphatic hydroxyl groups excluding tert-OH is 1. The highest BCUT2D eigenvalue weighted by molar-refractivity contribution is 5.91. The Morgan fingerprint density at radius 1 is 1.24 bits per heavy atom. The second kappa shape index (κ2) is 6.98. The van der Waals surface area contributed by atoms with E-state index in [9.17, 15) is 9.90 Å². The molecule has 0 saturated heterocycles. The van der Waals surface area contributed by atoms with Crippen LogP contribution in [0.4, 0.5) is 0 Å². The van der Waals surface area contributed by atoms with E-state index in [1.807, 2.05) is 50.2 Å². The number of hydrogen-bond donors (Lipinski definition) is 1. The van der Waals surface area contributed by atoms with Gasteiger partial charge in [0.1, 0.15) is 0 Å². The average Bonchev–Trinajstić information content (AvgIpc) is 3.03. The third kappa shape index (κ3) is 3.36. The Balaban J connectivity index is 1.94. The standard InChI is InChI=1S/C18H21N5O2/c1-12-11-13(2)23-18(19-12)20-16(21-23)17(25)22(3)15(9-10-24)14-7-5-4-6-8-14/h4-8,11,15,24H,9-10H2,1-3H3. The fourth-order valence-corrected chi connectivity index (χ4v) is 2.94. The number of rotatable bonds is 5. The molecule has 0 saturated carbocycles. The van der Waals surface area contributed by atoms with Gasteiger partial charge >= 0.3 is 0 Å². The molecule has 0 spiro atoms. The van der Waals surface area contributed by atoms with E-state index in [-0.39, 0.29) is 24.4 Å². The Morgan fingerprint density at radius 3 is 2.64 bits per heavy atom. The van der Waals surface area contributed by atoms with Gasteiger partial charge in [0.05, 0.1) is 6.04 Å². The molecule has 3 aromatic rings. The van der Waals surface area contributed by atoms with Crippen LogP contribution in [0.25, 0.3) is 5.78 Å². The summed E-state index contributed by atoms with van der Waals surface area (Å²) in [6, 6.07) is 11.3. The lowest BCUT2D eigenvalue weighted by Gasteiger charge is -2.27. The van der Waals surface area contributed by atoms with Crippen LogP contribution >= 0.6 is 0 Å². The number of carbonyl (C=O) groups is 1. The van der Waals surface area contributed by atoms with Gasteiger partial charge in [-0.15, -0.1) is 5.10 Å². The zero-order chi connectivity index (χ0) is 18.0. The lowest BCUT2D eigenvalue weighted by Crippen LogP contribution is -2.32. The number of carbonyl (C=O) groups excluding carboxylic acids is 1. The summed E-state index contributed by atoms with van der Waals surface area (Å²) in [4.78, 5) is 23.0. The molecule has 1 unspecified atom stereocenters. The molecule has 0 bridgehead atoms. The Hall–Kier alpha value is -2.80. The zero-order valence-corrected chi connectivity index (χ0v) is 14.5. The van der Waals surface area contributed by atoms with Gasteiger partial charge in [-0.2, -0.15) is 4.98 Å². The van der Waals surface area contributed by atoms with Gasteiger partial charge < -0.3 is 10.0 Å². The number of amides is 1. The Labute approximate surface area is 146 Å². The number of fused-ring (bicyclic) bond motifs is 1. The Bertz CT molecular complexity index is 891. The smallest absolute Gasteiger partial charge is 0.293 e. The molecule has 1 amide bonds. The minimum absolute atomic E-state index is 0.0182. The van der Waals surface area contributed by atoms with Crippen molar-refractivity contribution in [1.82, 2.24) is 24.5 Å². The number of benzene rings is 1. The van der Waals surface area contributed by atoms with Crippen molar-refractivity contribution in [3.05, 3.63) is 59.2 Å². The van der Waals surface area contributed by atoms with E-state index in [0.29, 0.717) is 12.2 Å². The van der Waals surface area contributed by atoms with Crippen LogP contribution in [-0.4, -0.2) is 49.2 Å². The van der Waals surface area contributed by atoms with E-state index in [4.69, 9.17) is 0 Å². The molecule has 0 radical (unpaired) electrons. The molecule has 0 aliphatic heterocycles. The number of aryl methyl sites for hydroxylation is 2. The molecule has 2 aromatic heterocycles. The molecule has 0 aliphatic carbocycles. The molecule has 3 rings (SSSR count). The number of nitrogens with zero attached hydrogens (tertiary/aromatic N) is 5. The molecule has 0 aliphatic rings. The van der Waals surface area contributed by atoms with Crippen LogP contribution in [0.3, 0.4) is 0 Å². The summed E-state index contributed by atoms with van der Waals surface area (Å²) in [5.74, 6) is 0.208. The normalized spacial score (nSPS) is 12.3. The lowest BCUT2D eigenvalue weighted by molar-refractivity contribution is 0.0693. The third-order valence-corrected chi connectivity index (χ3v) is 4.18. The highest BCUT2D eigenvalue weighted by Crippen LogP contribution is 2.24. The van der Waals surface area contributed by atoms with E-state index >= 15 is 0 Å². The van der Waals surface area contributed by atoms with E-state index in [1.165, 1.54) is 0 Å². The highest BCUT2D eigenvalue weighted by Gasteiger charge is 2.25. The van der Waals surface area contributed by atoms with Gasteiger partial charge in [0, 0.05) is 25.0 Å². The van der Waals surface area contributed by atoms with Crippen molar-refractivity contribution in [2.75, 3.05) is 13.7 Å². The summed E-state index contributed by atoms with van der Waals surface area (Å²) in [6.07, 6.45) is 0.440. The number of aromatic nitrogens is 4. The maximum atomic E-state index is 12.9. The van der Waals surface area contributed by atoms with Gasteiger partial charge in [0.25, 0.3) is 11.7 Å². The Kier molecular flexibility index (Phi) is 4.76. The molecule has 1 aromatic carbocycles. The van der Waals surface area contributed by atoms with Crippen LogP contribution < -0.4 is 0 Å². The van der Waals surface area contributed by atoms with Crippen LogP contribution in [0.5, 0.6) is 0 Å². The minimum atomic E-state index is -0.301. The van der Waals surface area contributed by atoms with Crippen LogP contribution in [-0.2, 0) is 0 Å². The van der Waals surface area contributed by atoms with Gasteiger partial charge in [0.2, 0.25) is 5.82 Å². The second-order valence-corrected chi connectivity index (χ2v) is 6.04. The molecule has 7 heteroatoms. The summed E-state index contributed by atoms with van der Waals surface area (Å²) in [6.45, 7) is 3.75. The van der Waals surface area contributed by atoms with Crippen molar-refractivity contribution in [2.24, 2.45) is 0 Å². The summed E-state index contributed by atoms with van der Waals surface area (Å²) >= 11 is 0. The quantitative estimate of drug-likeness (QED) is 0.768. The van der Waals surface area contributed by atoms with Gasteiger partial charge in [-0.25, -0.2) is 9.50 Å². The minimum Gasteiger partial charge on any atom is -0.396 e. The fourth-order valence-electron chi connectivity index (χ4n) is 2.94. The summed E-state index contributed by atoms with van der Waals surface area (Å²) in [5, 5.41) is 13.7. The van der Waals surface area contributed by atoms with Crippen LogP contribution in [0.1, 0.15) is 40.0 Å². The van der Waals surface area contributed by atoms with Crippen molar-refractivity contribution in [3.63, 3.8) is 0 Å². The van der Waals surface area contributed by atoms with Crippen molar-refractivity contribution in [2.45, 2.75) is 26.3 Å². The molecule has 0 fully saturated rings. The van der Waals surface area contributed by atoms with Gasteiger partial charge in [-0.1, -0.05) is 30.3 Å². The first-order valence-electron chi connectivity index (χ1n) is 8.15. The molecule has 1 N–H and O–H groups in total. The predicted octanol–water partition coefficient (Wildman–Crippen LogP) is 1.94. The van der Waals surface area contributed by atoms with Crippen molar-refractivity contribution >= 4 is 11.7 Å². The third-order valence-electron chi connectivity index (χ3n) is 4.18. The van der Waals surface area contributed by atoms with E-state index in [1.54, 1.807) is 16.5 Å². The van der Waals surface area contributed by atoms with Crippen molar-refractivity contribution in [1.29, 1.82) is 0 Å². The first kappa shape index (κ1) is 17.0. The molecule has 2 heterocycles. The summed E-state index contributed by atoms with van der Waals surface area (Å²) < 4.78 is 1.57. The number of hydrogen-bond acceptors (Lipinski definition) is 5. The summed E-state index contributed by atoms with van der Waals surface area (Å²) in [5.41, 5.74) is 2.65. The fraction of sp³-hybridized carbons (Fsp3) is 0.333. The molecule has 7 nitrogen and oxygen atoms in total. The Morgan fingerprint density at radius 2 is 1.96 bits per heavy atom. The topological polar surface area (TPSA) is 83.6 Å². The van der Waals surface area contributed by atoms with Crippen molar-refractivity contribution < 1.29 is 9.90 Å². The van der Waals surface area contributed by atoms with Crippen LogP contribution in [0, 0.1) is 13.8 Å². The molecule has 1 atom stereocenters. The second-order valence-electron chi connectivity index (χ2n) is 6.04. The van der Waals surface area contributed by atoms with Gasteiger partial charge in [-0.3, -0.25) is 4.79 Å².